The lowest BCUT2D eigenvalue weighted by molar-refractivity contribution is -0.140. The summed E-state index contributed by atoms with van der Waals surface area (Å²) in [5.41, 5.74) is 2.48. The van der Waals surface area contributed by atoms with E-state index in [1.807, 2.05) is 49.7 Å². The van der Waals surface area contributed by atoms with Crippen molar-refractivity contribution in [1.29, 1.82) is 0 Å². The average Bonchev–Trinajstić information content (AvgIpc) is 3.25. The number of hydrogen-bond donors (Lipinski definition) is 2. The van der Waals surface area contributed by atoms with Gasteiger partial charge in [-0.05, 0) is 33.3 Å². The summed E-state index contributed by atoms with van der Waals surface area (Å²) in [6.45, 7) is 6.81. The van der Waals surface area contributed by atoms with Crippen LogP contribution in [0.3, 0.4) is 0 Å². The Morgan fingerprint density at radius 1 is 1.25 bits per heavy atom. The maximum atomic E-state index is 12.8. The van der Waals surface area contributed by atoms with Crippen LogP contribution in [0.25, 0.3) is 0 Å². The van der Waals surface area contributed by atoms with Crippen molar-refractivity contribution in [2.45, 2.75) is 45.8 Å². The number of amides is 3. The largest absolute Gasteiger partial charge is 0.348 e. The van der Waals surface area contributed by atoms with Crippen molar-refractivity contribution in [1.82, 2.24) is 20.2 Å². The maximum absolute atomic E-state index is 12.8. The van der Waals surface area contributed by atoms with Crippen LogP contribution in [0.15, 0.2) is 36.9 Å². The lowest BCUT2D eigenvalue weighted by atomic mass is 10.1. The van der Waals surface area contributed by atoms with E-state index in [0.717, 1.165) is 16.8 Å². The molecule has 1 aromatic carbocycles. The topological polar surface area (TPSA) is 96.3 Å². The molecule has 0 fully saturated rings. The third kappa shape index (κ3) is 4.05. The molecule has 1 atom stereocenters. The number of nitrogens with zero attached hydrogens (tertiary/aromatic N) is 3. The summed E-state index contributed by atoms with van der Waals surface area (Å²) >= 11 is 0. The van der Waals surface area contributed by atoms with E-state index in [0.29, 0.717) is 19.5 Å². The molecule has 0 aliphatic carbocycles. The highest BCUT2D eigenvalue weighted by molar-refractivity contribution is 6.35. The van der Waals surface area contributed by atoms with E-state index in [9.17, 15) is 14.4 Å². The van der Waals surface area contributed by atoms with Crippen molar-refractivity contribution in [2.24, 2.45) is 0 Å². The Morgan fingerprint density at radius 3 is 2.71 bits per heavy atom. The van der Waals surface area contributed by atoms with Gasteiger partial charge in [-0.25, -0.2) is 4.98 Å². The van der Waals surface area contributed by atoms with E-state index in [1.165, 1.54) is 0 Å². The van der Waals surface area contributed by atoms with Crippen LogP contribution in [0.5, 0.6) is 0 Å². The van der Waals surface area contributed by atoms with Gasteiger partial charge >= 0.3 is 11.8 Å². The molecule has 1 aromatic heterocycles. The van der Waals surface area contributed by atoms with E-state index >= 15 is 0 Å². The number of rotatable bonds is 6. The number of carbonyl (C=O) groups is 3. The monoisotopic (exact) mass is 383 g/mol. The second kappa shape index (κ2) is 8.24. The predicted molar refractivity (Wildman–Crippen MR) is 105 cm³/mol. The molecule has 1 aliphatic heterocycles. The Morgan fingerprint density at radius 2 is 2.04 bits per heavy atom. The van der Waals surface area contributed by atoms with E-state index in [4.69, 9.17) is 0 Å². The van der Waals surface area contributed by atoms with Crippen LogP contribution in [0.2, 0.25) is 0 Å². The van der Waals surface area contributed by atoms with Gasteiger partial charge in [0.2, 0.25) is 0 Å². The van der Waals surface area contributed by atoms with Gasteiger partial charge in [-0.2, -0.15) is 0 Å². The van der Waals surface area contributed by atoms with Crippen LogP contribution in [0.4, 0.5) is 5.69 Å². The van der Waals surface area contributed by atoms with Gasteiger partial charge in [0.15, 0.2) is 0 Å². The Balaban J connectivity index is 1.60. The molecule has 0 spiro atoms. The Hall–Kier alpha value is -3.16. The summed E-state index contributed by atoms with van der Waals surface area (Å²) < 4.78 is 1.89. The van der Waals surface area contributed by atoms with Crippen LogP contribution < -0.4 is 15.5 Å². The fourth-order valence-corrected chi connectivity index (χ4v) is 3.35. The van der Waals surface area contributed by atoms with Crippen molar-refractivity contribution in [3.8, 4) is 0 Å². The first-order chi connectivity index (χ1) is 13.4. The molecule has 2 heterocycles. The fraction of sp³-hybridized carbons (Fsp3) is 0.400. The SMILES string of the molecule is Cc1ccc2c(c1)C(NC(=O)C(=O)NCCCn1ccnc1)C(=O)N2C(C)C. The number of anilines is 1. The van der Waals surface area contributed by atoms with Crippen LogP contribution >= 0.6 is 0 Å². The molecule has 28 heavy (non-hydrogen) atoms. The molecule has 8 nitrogen and oxygen atoms in total. The molecular formula is C20H25N5O3. The quantitative estimate of drug-likeness (QED) is 0.581. The molecule has 1 unspecified atom stereocenters. The minimum atomic E-state index is -0.846. The second-order valence-electron chi connectivity index (χ2n) is 7.18. The highest BCUT2D eigenvalue weighted by atomic mass is 16.2. The summed E-state index contributed by atoms with van der Waals surface area (Å²) in [4.78, 5) is 42.9. The average molecular weight is 383 g/mol. The zero-order chi connectivity index (χ0) is 20.3. The predicted octanol–water partition coefficient (Wildman–Crippen LogP) is 1.31. The number of nitrogens with one attached hydrogen (secondary N) is 2. The van der Waals surface area contributed by atoms with Gasteiger partial charge < -0.3 is 20.1 Å². The number of benzene rings is 1. The zero-order valence-corrected chi connectivity index (χ0v) is 16.3. The minimum Gasteiger partial charge on any atom is -0.348 e. The Bertz CT molecular complexity index is 876. The number of hydrogen-bond acceptors (Lipinski definition) is 4. The van der Waals surface area contributed by atoms with Crippen molar-refractivity contribution in [2.75, 3.05) is 11.4 Å². The van der Waals surface area contributed by atoms with Gasteiger partial charge in [0.25, 0.3) is 5.91 Å². The van der Waals surface area contributed by atoms with Crippen molar-refractivity contribution >= 4 is 23.4 Å². The first-order valence-electron chi connectivity index (χ1n) is 9.36. The lowest BCUT2D eigenvalue weighted by Gasteiger charge is -2.22. The molecule has 2 N–H and O–H groups in total. The molecular weight excluding hydrogens is 358 g/mol. The molecule has 0 bridgehead atoms. The van der Waals surface area contributed by atoms with Gasteiger partial charge in [0, 0.05) is 42.8 Å². The maximum Gasteiger partial charge on any atom is 0.310 e. The summed E-state index contributed by atoms with van der Waals surface area (Å²) in [6.07, 6.45) is 5.88. The molecule has 148 valence electrons. The van der Waals surface area contributed by atoms with Gasteiger partial charge in [0.1, 0.15) is 6.04 Å². The number of aryl methyl sites for hydroxylation is 2. The lowest BCUT2D eigenvalue weighted by Crippen LogP contribution is -2.45. The van der Waals surface area contributed by atoms with Gasteiger partial charge in [0.05, 0.1) is 6.33 Å². The van der Waals surface area contributed by atoms with Gasteiger partial charge in [-0.3, -0.25) is 14.4 Å². The summed E-state index contributed by atoms with van der Waals surface area (Å²) in [5, 5.41) is 5.19. The molecule has 0 saturated heterocycles. The van der Waals surface area contributed by atoms with E-state index in [1.54, 1.807) is 17.4 Å². The van der Waals surface area contributed by atoms with E-state index < -0.39 is 17.9 Å². The van der Waals surface area contributed by atoms with E-state index in [2.05, 4.69) is 15.6 Å². The fourth-order valence-electron chi connectivity index (χ4n) is 3.35. The van der Waals surface area contributed by atoms with Crippen LogP contribution in [-0.4, -0.2) is 39.9 Å². The highest BCUT2D eigenvalue weighted by Gasteiger charge is 2.40. The molecule has 0 saturated carbocycles. The smallest absolute Gasteiger partial charge is 0.310 e. The minimum absolute atomic E-state index is 0.0483. The standard InChI is InChI=1S/C20H25N5O3/c1-13(2)25-16-6-5-14(3)11-15(16)17(20(25)28)23-19(27)18(26)22-7-4-9-24-10-8-21-12-24/h5-6,8,10-13,17H,4,7,9H2,1-3H3,(H,22,26)(H,23,27). The molecule has 8 heteroatoms. The molecule has 3 amide bonds. The van der Waals surface area contributed by atoms with Crippen LogP contribution in [0, 0.1) is 6.92 Å². The Labute approximate surface area is 163 Å². The molecule has 3 rings (SSSR count). The number of aromatic nitrogens is 2. The van der Waals surface area contributed by atoms with Crippen molar-refractivity contribution in [3.05, 3.63) is 48.0 Å². The summed E-state index contributed by atoms with van der Waals surface area (Å²) in [6, 6.07) is 4.79. The summed E-state index contributed by atoms with van der Waals surface area (Å²) in [5.74, 6) is -1.77. The normalized spacial score (nSPS) is 15.6. The van der Waals surface area contributed by atoms with Crippen molar-refractivity contribution in [3.63, 3.8) is 0 Å². The Kier molecular flexibility index (Phi) is 5.77. The number of imidazole rings is 1. The first-order valence-corrected chi connectivity index (χ1v) is 9.36. The number of fused-ring (bicyclic) bond motifs is 1. The third-order valence-corrected chi connectivity index (χ3v) is 4.67. The van der Waals surface area contributed by atoms with Crippen LogP contribution in [0.1, 0.15) is 37.4 Å². The molecule has 2 aromatic rings. The second-order valence-corrected chi connectivity index (χ2v) is 7.18. The van der Waals surface area contributed by atoms with Gasteiger partial charge in [-0.15, -0.1) is 0 Å². The van der Waals surface area contributed by atoms with Crippen LogP contribution in [-0.2, 0) is 20.9 Å². The molecule has 1 aliphatic rings. The first kappa shape index (κ1) is 19.6. The highest BCUT2D eigenvalue weighted by Crippen LogP contribution is 2.37. The zero-order valence-electron chi connectivity index (χ0n) is 16.3. The third-order valence-electron chi connectivity index (χ3n) is 4.67. The number of carbonyl (C=O) groups excluding carboxylic acids is 3. The van der Waals surface area contributed by atoms with E-state index in [-0.39, 0.29) is 11.9 Å². The summed E-state index contributed by atoms with van der Waals surface area (Å²) in [7, 11) is 0. The van der Waals surface area contributed by atoms with Gasteiger partial charge in [-0.1, -0.05) is 17.7 Å². The van der Waals surface area contributed by atoms with Crippen molar-refractivity contribution < 1.29 is 14.4 Å². The molecule has 0 radical (unpaired) electrons.